The number of carbonyl (C=O) groups excluding carboxylic acids is 1. The first-order valence-electron chi connectivity index (χ1n) is 7.62. The molecule has 0 bridgehead atoms. The second-order valence-corrected chi connectivity index (χ2v) is 6.09. The Balaban J connectivity index is 1.66. The van der Waals surface area contributed by atoms with Crippen molar-refractivity contribution < 1.29 is 9.18 Å². The fourth-order valence-electron chi connectivity index (χ4n) is 2.99. The van der Waals surface area contributed by atoms with Gasteiger partial charge in [-0.15, -0.1) is 0 Å². The fraction of sp³-hybridized carbons (Fsp3) is 0.316. The van der Waals surface area contributed by atoms with Crippen molar-refractivity contribution in [3.05, 3.63) is 71.0 Å². The van der Waals surface area contributed by atoms with Gasteiger partial charge in [0.05, 0.1) is 0 Å². The number of rotatable bonds is 4. The largest absolute Gasteiger partial charge is 0.341 e. The second-order valence-electron chi connectivity index (χ2n) is 6.09. The fourth-order valence-corrected chi connectivity index (χ4v) is 2.99. The summed E-state index contributed by atoms with van der Waals surface area (Å²) in [5, 5.41) is 0. The van der Waals surface area contributed by atoms with Crippen LogP contribution in [0, 0.1) is 18.7 Å². The van der Waals surface area contributed by atoms with Crippen LogP contribution in [0.1, 0.15) is 29.0 Å². The summed E-state index contributed by atoms with van der Waals surface area (Å²) in [7, 11) is 1.82. The van der Waals surface area contributed by atoms with E-state index in [-0.39, 0.29) is 23.6 Å². The molecule has 0 saturated heterocycles. The molecular formula is C19H20FNO. The molecule has 2 aromatic carbocycles. The van der Waals surface area contributed by atoms with Crippen molar-refractivity contribution in [2.24, 2.45) is 5.92 Å². The summed E-state index contributed by atoms with van der Waals surface area (Å²) < 4.78 is 13.8. The topological polar surface area (TPSA) is 20.3 Å². The number of carbonyl (C=O) groups is 1. The third-order valence-corrected chi connectivity index (χ3v) is 4.46. The maximum atomic E-state index is 13.8. The highest BCUT2D eigenvalue weighted by Gasteiger charge is 2.46. The lowest BCUT2D eigenvalue weighted by atomic mass is 10.1. The molecule has 0 spiro atoms. The lowest BCUT2D eigenvalue weighted by Crippen LogP contribution is -2.28. The molecule has 1 fully saturated rings. The van der Waals surface area contributed by atoms with Crippen LogP contribution in [-0.2, 0) is 11.3 Å². The molecule has 2 atom stereocenters. The number of amides is 1. The van der Waals surface area contributed by atoms with Gasteiger partial charge in [-0.05, 0) is 42.0 Å². The Morgan fingerprint density at radius 1 is 1.18 bits per heavy atom. The summed E-state index contributed by atoms with van der Waals surface area (Å²) in [5.41, 5.74) is 3.01. The highest BCUT2D eigenvalue weighted by molar-refractivity contribution is 5.82. The van der Waals surface area contributed by atoms with Crippen LogP contribution in [0.2, 0.25) is 0 Å². The van der Waals surface area contributed by atoms with Crippen LogP contribution in [0.5, 0.6) is 0 Å². The number of halogens is 1. The average molecular weight is 297 g/mol. The van der Waals surface area contributed by atoms with Gasteiger partial charge in [-0.3, -0.25) is 4.79 Å². The van der Waals surface area contributed by atoms with Gasteiger partial charge in [0.1, 0.15) is 5.82 Å². The first-order chi connectivity index (χ1) is 10.6. The molecular weight excluding hydrogens is 277 g/mol. The molecule has 114 valence electrons. The zero-order chi connectivity index (χ0) is 15.7. The summed E-state index contributed by atoms with van der Waals surface area (Å²) in [5.74, 6) is -0.139. The third kappa shape index (κ3) is 2.89. The minimum atomic E-state index is -0.204. The average Bonchev–Trinajstić information content (AvgIpc) is 3.29. The molecule has 1 amide bonds. The zero-order valence-electron chi connectivity index (χ0n) is 12.9. The van der Waals surface area contributed by atoms with Crippen LogP contribution in [0.3, 0.4) is 0 Å². The summed E-state index contributed by atoms with van der Waals surface area (Å²) in [6.07, 6.45) is 0.748. The molecule has 0 aliphatic heterocycles. The van der Waals surface area contributed by atoms with Gasteiger partial charge in [-0.2, -0.15) is 0 Å². The molecule has 1 saturated carbocycles. The Hall–Kier alpha value is -2.16. The quantitative estimate of drug-likeness (QED) is 0.838. The molecule has 2 nitrogen and oxygen atoms in total. The first kappa shape index (κ1) is 14.8. The molecule has 0 radical (unpaired) electrons. The van der Waals surface area contributed by atoms with Crippen molar-refractivity contribution in [1.82, 2.24) is 4.90 Å². The number of benzene rings is 2. The molecule has 2 aromatic rings. The van der Waals surface area contributed by atoms with Gasteiger partial charge in [0.2, 0.25) is 5.91 Å². The highest BCUT2D eigenvalue weighted by Crippen LogP contribution is 2.49. The summed E-state index contributed by atoms with van der Waals surface area (Å²) >= 11 is 0. The van der Waals surface area contributed by atoms with Gasteiger partial charge in [0.25, 0.3) is 0 Å². The predicted octanol–water partition coefficient (Wildman–Crippen LogP) is 3.90. The lowest BCUT2D eigenvalue weighted by Gasteiger charge is -2.18. The molecule has 3 rings (SSSR count). The van der Waals surface area contributed by atoms with E-state index in [1.54, 1.807) is 17.0 Å². The van der Waals surface area contributed by atoms with Gasteiger partial charge in [-0.1, -0.05) is 42.5 Å². The van der Waals surface area contributed by atoms with Crippen molar-refractivity contribution in [1.29, 1.82) is 0 Å². The monoisotopic (exact) mass is 297 g/mol. The normalized spacial score (nSPS) is 19.8. The number of nitrogens with zero attached hydrogens (tertiary/aromatic N) is 1. The molecule has 1 aliphatic carbocycles. The second kappa shape index (κ2) is 5.91. The van der Waals surface area contributed by atoms with E-state index in [2.05, 4.69) is 0 Å². The minimum absolute atomic E-state index is 0.0352. The van der Waals surface area contributed by atoms with Gasteiger partial charge in [-0.25, -0.2) is 4.39 Å². The van der Waals surface area contributed by atoms with E-state index in [0.29, 0.717) is 12.1 Å². The Morgan fingerprint density at radius 3 is 2.59 bits per heavy atom. The van der Waals surface area contributed by atoms with E-state index in [9.17, 15) is 9.18 Å². The summed E-state index contributed by atoms with van der Waals surface area (Å²) in [6.45, 7) is 2.65. The van der Waals surface area contributed by atoms with Crippen molar-refractivity contribution >= 4 is 5.91 Å². The predicted molar refractivity (Wildman–Crippen MR) is 84.9 cm³/mol. The van der Waals surface area contributed by atoms with Gasteiger partial charge in [0.15, 0.2) is 0 Å². The Morgan fingerprint density at radius 2 is 1.86 bits per heavy atom. The van der Waals surface area contributed by atoms with E-state index >= 15 is 0 Å². The molecule has 22 heavy (non-hydrogen) atoms. The van der Waals surface area contributed by atoms with Crippen LogP contribution in [0.25, 0.3) is 0 Å². The smallest absolute Gasteiger partial charge is 0.226 e. The van der Waals surface area contributed by atoms with E-state index in [1.165, 1.54) is 11.6 Å². The maximum Gasteiger partial charge on any atom is 0.226 e. The highest BCUT2D eigenvalue weighted by atomic mass is 19.1. The Bertz CT molecular complexity index is 693. The first-order valence-corrected chi connectivity index (χ1v) is 7.62. The van der Waals surface area contributed by atoms with Crippen LogP contribution in [0.15, 0.2) is 48.5 Å². The standard InChI is InChI=1S/C19H20FNO/c1-13-7-3-4-8-14(13)12-21(2)19(22)17-11-16(17)15-9-5-6-10-18(15)20/h3-10,16-17H,11-12H2,1-2H3. The molecule has 2 unspecified atom stereocenters. The number of hydrogen-bond donors (Lipinski definition) is 0. The summed E-state index contributed by atoms with van der Waals surface area (Å²) in [6, 6.07) is 14.8. The number of aryl methyl sites for hydroxylation is 1. The van der Waals surface area contributed by atoms with E-state index < -0.39 is 0 Å². The van der Waals surface area contributed by atoms with E-state index in [4.69, 9.17) is 0 Å². The summed E-state index contributed by atoms with van der Waals surface area (Å²) in [4.78, 5) is 14.3. The molecule has 3 heteroatoms. The maximum absolute atomic E-state index is 13.8. The Kier molecular flexibility index (Phi) is 3.97. The molecule has 0 N–H and O–H groups in total. The SMILES string of the molecule is Cc1ccccc1CN(C)C(=O)C1CC1c1ccccc1F. The zero-order valence-corrected chi connectivity index (χ0v) is 12.9. The van der Waals surface area contributed by atoms with Crippen LogP contribution in [-0.4, -0.2) is 17.9 Å². The van der Waals surface area contributed by atoms with Crippen molar-refractivity contribution in [3.8, 4) is 0 Å². The van der Waals surface area contributed by atoms with Crippen LogP contribution >= 0.6 is 0 Å². The number of hydrogen-bond acceptors (Lipinski definition) is 1. The third-order valence-electron chi connectivity index (χ3n) is 4.46. The van der Waals surface area contributed by atoms with Crippen molar-refractivity contribution in [2.75, 3.05) is 7.05 Å². The lowest BCUT2D eigenvalue weighted by molar-refractivity contribution is -0.131. The Labute approximate surface area is 130 Å². The van der Waals surface area contributed by atoms with Gasteiger partial charge in [0, 0.05) is 19.5 Å². The molecule has 1 aliphatic rings. The van der Waals surface area contributed by atoms with Crippen molar-refractivity contribution in [2.45, 2.75) is 25.8 Å². The van der Waals surface area contributed by atoms with Gasteiger partial charge < -0.3 is 4.90 Å². The van der Waals surface area contributed by atoms with Crippen LogP contribution < -0.4 is 0 Å². The molecule has 0 heterocycles. The molecule has 0 aromatic heterocycles. The van der Waals surface area contributed by atoms with Crippen LogP contribution in [0.4, 0.5) is 4.39 Å². The van der Waals surface area contributed by atoms with Crippen molar-refractivity contribution in [3.63, 3.8) is 0 Å². The minimum Gasteiger partial charge on any atom is -0.341 e. The van der Waals surface area contributed by atoms with E-state index in [1.807, 2.05) is 44.3 Å². The van der Waals surface area contributed by atoms with E-state index in [0.717, 1.165) is 12.0 Å². The van der Waals surface area contributed by atoms with Gasteiger partial charge >= 0.3 is 0 Å².